The van der Waals surface area contributed by atoms with Crippen LogP contribution in [0.4, 0.5) is 9.59 Å². The number of fused-ring (bicyclic) bond motifs is 1. The van der Waals surface area contributed by atoms with Gasteiger partial charge in [0.25, 0.3) is 0 Å². The Balaban J connectivity index is 1.96. The van der Waals surface area contributed by atoms with Crippen LogP contribution in [-0.2, 0) is 0 Å². The summed E-state index contributed by atoms with van der Waals surface area (Å²) in [5.74, 6) is 0.544. The van der Waals surface area contributed by atoms with E-state index in [-0.39, 0.29) is 11.8 Å². The number of rotatable bonds is 0. The molecule has 2 atom stereocenters. The first-order chi connectivity index (χ1) is 6.58. The summed E-state index contributed by atoms with van der Waals surface area (Å²) in [6.07, 6.45) is -0.872. The van der Waals surface area contributed by atoms with E-state index in [2.05, 4.69) is 0 Å². The predicted molar refractivity (Wildman–Crippen MR) is 49.4 cm³/mol. The van der Waals surface area contributed by atoms with Crippen LogP contribution in [0.25, 0.3) is 0 Å². The van der Waals surface area contributed by atoms with Gasteiger partial charge < -0.3 is 14.9 Å². The van der Waals surface area contributed by atoms with Crippen LogP contribution in [-0.4, -0.2) is 52.5 Å². The molecule has 14 heavy (non-hydrogen) atoms. The van der Waals surface area contributed by atoms with Gasteiger partial charge in [-0.05, 0) is 11.6 Å². The maximum atomic E-state index is 10.9. The van der Waals surface area contributed by atoms with Gasteiger partial charge in [0.05, 0.1) is 0 Å². The third kappa shape index (κ3) is 1.52. The summed E-state index contributed by atoms with van der Waals surface area (Å²) >= 11 is 5.35. The number of hydrogen-bond acceptors (Lipinski definition) is 2. The van der Waals surface area contributed by atoms with Crippen LogP contribution in [0.3, 0.4) is 0 Å². The number of amides is 2. The highest BCUT2D eigenvalue weighted by Gasteiger charge is 2.42. The van der Waals surface area contributed by atoms with Crippen molar-refractivity contribution in [2.24, 2.45) is 11.8 Å². The first-order valence-corrected chi connectivity index (χ1v) is 4.88. The number of hydrogen-bond donors (Lipinski definition) is 1. The number of carboxylic acid groups (broad SMARTS) is 1. The van der Waals surface area contributed by atoms with Gasteiger partial charge in [-0.15, -0.1) is 0 Å². The zero-order chi connectivity index (χ0) is 10.3. The predicted octanol–water partition coefficient (Wildman–Crippen LogP) is 0.887. The highest BCUT2D eigenvalue weighted by atomic mass is 35.5. The molecule has 0 radical (unpaired) electrons. The normalized spacial score (nSPS) is 30.6. The minimum atomic E-state index is -0.872. The Morgan fingerprint density at radius 3 is 1.86 bits per heavy atom. The molecular weight excluding hydrogens is 208 g/mol. The van der Waals surface area contributed by atoms with E-state index < -0.39 is 11.5 Å². The average Bonchev–Trinajstić information content (AvgIpc) is 2.57. The third-order valence-electron chi connectivity index (χ3n) is 3.01. The van der Waals surface area contributed by atoms with E-state index >= 15 is 0 Å². The monoisotopic (exact) mass is 218 g/mol. The van der Waals surface area contributed by atoms with E-state index in [1.165, 1.54) is 4.90 Å². The van der Waals surface area contributed by atoms with Gasteiger partial charge in [-0.25, -0.2) is 4.79 Å². The van der Waals surface area contributed by atoms with Gasteiger partial charge in [-0.2, -0.15) is 0 Å². The van der Waals surface area contributed by atoms with Crippen LogP contribution in [0.1, 0.15) is 0 Å². The van der Waals surface area contributed by atoms with Crippen molar-refractivity contribution in [2.45, 2.75) is 0 Å². The Morgan fingerprint density at radius 2 is 1.50 bits per heavy atom. The van der Waals surface area contributed by atoms with Gasteiger partial charge in [0, 0.05) is 38.0 Å². The quantitative estimate of drug-likeness (QED) is 0.485. The van der Waals surface area contributed by atoms with Gasteiger partial charge in [0.2, 0.25) is 0 Å². The van der Waals surface area contributed by atoms with Crippen LogP contribution in [0.5, 0.6) is 0 Å². The molecule has 0 aromatic heterocycles. The van der Waals surface area contributed by atoms with Crippen molar-refractivity contribution in [3.8, 4) is 0 Å². The molecule has 1 N–H and O–H groups in total. The van der Waals surface area contributed by atoms with Crippen LogP contribution in [0, 0.1) is 11.8 Å². The SMILES string of the molecule is O=C(O)N1CC2CN(C(=O)Cl)CC2C1. The smallest absolute Gasteiger partial charge is 0.407 e. The summed E-state index contributed by atoms with van der Waals surface area (Å²) < 4.78 is 0. The Morgan fingerprint density at radius 1 is 1.07 bits per heavy atom. The first-order valence-electron chi connectivity index (χ1n) is 4.50. The van der Waals surface area contributed by atoms with E-state index in [9.17, 15) is 9.59 Å². The second-order valence-corrected chi connectivity index (χ2v) is 4.19. The van der Waals surface area contributed by atoms with E-state index in [4.69, 9.17) is 16.7 Å². The number of carbonyl (C=O) groups excluding carboxylic acids is 1. The van der Waals surface area contributed by atoms with Gasteiger partial charge in [0.15, 0.2) is 0 Å². The van der Waals surface area contributed by atoms with E-state index in [1.54, 1.807) is 4.90 Å². The van der Waals surface area contributed by atoms with Crippen LogP contribution < -0.4 is 0 Å². The first kappa shape index (κ1) is 9.58. The lowest BCUT2D eigenvalue weighted by Crippen LogP contribution is -2.32. The molecular formula is C8H11ClN2O3. The molecule has 2 rings (SSSR count). The molecule has 0 bridgehead atoms. The molecule has 2 aliphatic rings. The topological polar surface area (TPSA) is 60.9 Å². The Kier molecular flexibility index (Phi) is 2.26. The van der Waals surface area contributed by atoms with E-state index in [0.29, 0.717) is 26.2 Å². The highest BCUT2D eigenvalue weighted by Crippen LogP contribution is 2.31. The minimum Gasteiger partial charge on any atom is -0.465 e. The van der Waals surface area contributed by atoms with Gasteiger partial charge >= 0.3 is 11.5 Å². The summed E-state index contributed by atoms with van der Waals surface area (Å²) in [6, 6.07) is 0. The third-order valence-corrected chi connectivity index (χ3v) is 3.24. The summed E-state index contributed by atoms with van der Waals surface area (Å²) in [5.41, 5.74) is 0. The molecule has 78 valence electrons. The zero-order valence-electron chi connectivity index (χ0n) is 7.52. The maximum absolute atomic E-state index is 10.9. The maximum Gasteiger partial charge on any atom is 0.407 e. The second-order valence-electron chi connectivity index (χ2n) is 3.87. The van der Waals surface area contributed by atoms with Crippen molar-refractivity contribution in [1.29, 1.82) is 0 Å². The Labute approximate surface area is 86.2 Å². The Bertz CT molecular complexity index is 244. The molecule has 5 nitrogen and oxygen atoms in total. The van der Waals surface area contributed by atoms with Gasteiger partial charge in [-0.1, -0.05) is 0 Å². The van der Waals surface area contributed by atoms with Gasteiger partial charge in [-0.3, -0.25) is 4.79 Å². The molecule has 6 heteroatoms. The largest absolute Gasteiger partial charge is 0.465 e. The molecule has 0 saturated carbocycles. The minimum absolute atomic E-state index is 0.272. The zero-order valence-corrected chi connectivity index (χ0v) is 8.28. The van der Waals surface area contributed by atoms with Crippen molar-refractivity contribution in [3.63, 3.8) is 0 Å². The molecule has 2 aliphatic heterocycles. The van der Waals surface area contributed by atoms with Crippen molar-refractivity contribution in [3.05, 3.63) is 0 Å². The molecule has 2 unspecified atom stereocenters. The van der Waals surface area contributed by atoms with E-state index in [1.807, 2.05) is 0 Å². The summed E-state index contributed by atoms with van der Waals surface area (Å²) in [7, 11) is 0. The lowest BCUT2D eigenvalue weighted by atomic mass is 10.0. The van der Waals surface area contributed by atoms with Crippen LogP contribution in [0.15, 0.2) is 0 Å². The molecule has 2 heterocycles. The molecule has 2 amide bonds. The van der Waals surface area contributed by atoms with Gasteiger partial charge in [0.1, 0.15) is 0 Å². The lowest BCUT2D eigenvalue weighted by Gasteiger charge is -2.17. The summed E-state index contributed by atoms with van der Waals surface area (Å²) in [4.78, 5) is 24.5. The number of halogens is 1. The van der Waals surface area contributed by atoms with Crippen LogP contribution >= 0.6 is 11.6 Å². The molecule has 2 fully saturated rings. The molecule has 0 aliphatic carbocycles. The number of nitrogens with zero attached hydrogens (tertiary/aromatic N) is 2. The highest BCUT2D eigenvalue weighted by molar-refractivity contribution is 6.62. The fourth-order valence-corrected chi connectivity index (χ4v) is 2.43. The van der Waals surface area contributed by atoms with Crippen molar-refractivity contribution >= 4 is 23.1 Å². The molecule has 2 saturated heterocycles. The van der Waals surface area contributed by atoms with Crippen molar-refractivity contribution < 1.29 is 14.7 Å². The average molecular weight is 219 g/mol. The standard InChI is InChI=1S/C8H11ClN2O3/c9-7(12)10-1-5-3-11(8(13)14)4-6(5)2-10/h5-6H,1-4H2,(H,13,14). The molecule has 0 spiro atoms. The number of carbonyl (C=O) groups is 2. The molecule has 0 aromatic rings. The van der Waals surface area contributed by atoms with Crippen LogP contribution in [0.2, 0.25) is 0 Å². The number of likely N-dealkylation sites (tertiary alicyclic amines) is 2. The van der Waals surface area contributed by atoms with Crippen molar-refractivity contribution in [1.82, 2.24) is 9.80 Å². The summed E-state index contributed by atoms with van der Waals surface area (Å²) in [6.45, 7) is 2.24. The van der Waals surface area contributed by atoms with E-state index in [0.717, 1.165) is 0 Å². The Hall–Kier alpha value is -0.970. The summed E-state index contributed by atoms with van der Waals surface area (Å²) in [5, 5.41) is 8.33. The lowest BCUT2D eigenvalue weighted by molar-refractivity contribution is 0.150. The fourth-order valence-electron chi connectivity index (χ4n) is 2.29. The fraction of sp³-hybridized carbons (Fsp3) is 0.750. The van der Waals surface area contributed by atoms with Crippen molar-refractivity contribution in [2.75, 3.05) is 26.2 Å². The second kappa shape index (κ2) is 3.31. The molecule has 0 aromatic carbocycles.